The van der Waals surface area contributed by atoms with E-state index >= 15 is 0 Å². The maximum Gasteiger partial charge on any atom is 0.229 e. The normalized spacial score (nSPS) is 15.2. The van der Waals surface area contributed by atoms with Gasteiger partial charge in [-0.25, -0.2) is 18.4 Å². The summed E-state index contributed by atoms with van der Waals surface area (Å²) in [7, 11) is 0.601. The number of rotatable bonds is 6. The molecule has 3 aromatic rings. The summed E-state index contributed by atoms with van der Waals surface area (Å²) in [5.41, 5.74) is 2.80. The molecule has 170 valence electrons. The number of sulfonamides is 1. The van der Waals surface area contributed by atoms with Gasteiger partial charge in [0.05, 0.1) is 35.4 Å². The predicted octanol–water partition coefficient (Wildman–Crippen LogP) is 2.09. The number of aromatic nitrogens is 3. The van der Waals surface area contributed by atoms with Crippen LogP contribution in [0.3, 0.4) is 0 Å². The number of nitrogens with zero attached hydrogens (tertiary/aromatic N) is 6. The van der Waals surface area contributed by atoms with E-state index in [9.17, 15) is 8.42 Å². The topological polar surface area (TPSA) is 94.6 Å². The minimum atomic E-state index is -3.45. The van der Waals surface area contributed by atoms with Gasteiger partial charge in [0.2, 0.25) is 10.0 Å². The summed E-state index contributed by atoms with van der Waals surface area (Å²) in [5, 5.41) is 0.936. The van der Waals surface area contributed by atoms with Gasteiger partial charge in [-0.05, 0) is 26.1 Å². The second-order valence-electron chi connectivity index (χ2n) is 8.32. The largest absolute Gasteiger partial charge is 0.365 e. The van der Waals surface area contributed by atoms with Crippen LogP contribution in [0.4, 0.5) is 17.2 Å². The molecule has 2 aromatic heterocycles. The molecule has 1 fully saturated rings. The molecule has 0 unspecified atom stereocenters. The lowest BCUT2D eigenvalue weighted by Gasteiger charge is -2.33. The van der Waals surface area contributed by atoms with Crippen LogP contribution in [0.15, 0.2) is 36.5 Å². The molecule has 1 aromatic carbocycles. The van der Waals surface area contributed by atoms with E-state index in [0.29, 0.717) is 17.9 Å². The molecule has 0 spiro atoms. The number of hydrogen-bond acceptors (Lipinski definition) is 8. The Hall–Kier alpha value is -2.98. The van der Waals surface area contributed by atoms with Crippen LogP contribution in [-0.2, 0) is 16.6 Å². The molecule has 0 amide bonds. The van der Waals surface area contributed by atoms with Crippen LogP contribution in [0.2, 0.25) is 0 Å². The van der Waals surface area contributed by atoms with E-state index in [1.165, 1.54) is 0 Å². The van der Waals surface area contributed by atoms with E-state index in [1.54, 1.807) is 12.3 Å². The molecule has 1 N–H and O–H groups in total. The highest BCUT2D eigenvalue weighted by molar-refractivity contribution is 7.92. The fourth-order valence-corrected chi connectivity index (χ4v) is 4.58. The molecule has 1 aliphatic heterocycles. The van der Waals surface area contributed by atoms with Crippen molar-refractivity contribution in [3.8, 4) is 0 Å². The minimum absolute atomic E-state index is 0.484. The third-order valence-corrected chi connectivity index (χ3v) is 6.12. The molecule has 4 rings (SSSR count). The van der Waals surface area contributed by atoms with E-state index < -0.39 is 10.0 Å². The Labute approximate surface area is 189 Å². The Morgan fingerprint density at radius 1 is 1.12 bits per heavy atom. The first-order chi connectivity index (χ1) is 15.2. The summed E-state index contributed by atoms with van der Waals surface area (Å²) >= 11 is 0. The average Bonchev–Trinajstić information content (AvgIpc) is 2.72. The van der Waals surface area contributed by atoms with Gasteiger partial charge in [0.1, 0.15) is 11.6 Å². The van der Waals surface area contributed by atoms with Crippen molar-refractivity contribution in [3.63, 3.8) is 0 Å². The fraction of sp³-hybridized carbons (Fsp3) is 0.409. The standard InChI is InChI=1S/C22H29N7O2S/c1-16-24-18(14-20(25-16)29-12-10-27(2)11-13-29)15-28(3)22-19(26-32(4,30)31)8-7-17-6-5-9-23-21(17)22/h5-9,14,26H,10-13,15H2,1-4H3. The van der Waals surface area contributed by atoms with Gasteiger partial charge >= 0.3 is 0 Å². The molecule has 0 bridgehead atoms. The first-order valence-corrected chi connectivity index (χ1v) is 12.4. The molecule has 0 atom stereocenters. The monoisotopic (exact) mass is 455 g/mol. The van der Waals surface area contributed by atoms with Crippen LogP contribution in [0, 0.1) is 6.92 Å². The number of aryl methyl sites for hydroxylation is 1. The summed E-state index contributed by atoms with van der Waals surface area (Å²) in [6, 6.07) is 9.50. The van der Waals surface area contributed by atoms with Gasteiger partial charge in [-0.3, -0.25) is 9.71 Å². The van der Waals surface area contributed by atoms with E-state index in [2.05, 4.69) is 36.5 Å². The van der Waals surface area contributed by atoms with Crippen LogP contribution in [0.25, 0.3) is 10.9 Å². The summed E-state index contributed by atoms with van der Waals surface area (Å²) in [6.07, 6.45) is 2.86. The van der Waals surface area contributed by atoms with Crippen molar-refractivity contribution in [2.75, 3.05) is 61.1 Å². The number of anilines is 3. The maximum atomic E-state index is 12.0. The molecular formula is C22H29N7O2S. The van der Waals surface area contributed by atoms with E-state index in [0.717, 1.165) is 60.7 Å². The number of likely N-dealkylation sites (N-methyl/N-ethyl adjacent to an activating group) is 1. The molecule has 0 saturated carbocycles. The number of fused-ring (bicyclic) bond motifs is 1. The minimum Gasteiger partial charge on any atom is -0.365 e. The first-order valence-electron chi connectivity index (χ1n) is 10.5. The average molecular weight is 456 g/mol. The Bertz CT molecular complexity index is 1220. The Kier molecular flexibility index (Phi) is 6.16. The molecule has 0 radical (unpaired) electrons. The van der Waals surface area contributed by atoms with Crippen LogP contribution in [0.1, 0.15) is 11.5 Å². The van der Waals surface area contributed by atoms with E-state index in [1.807, 2.05) is 43.1 Å². The lowest BCUT2D eigenvalue weighted by molar-refractivity contribution is 0.312. The molecule has 10 heteroatoms. The van der Waals surface area contributed by atoms with Crippen LogP contribution < -0.4 is 14.5 Å². The van der Waals surface area contributed by atoms with Crippen molar-refractivity contribution >= 4 is 38.1 Å². The van der Waals surface area contributed by atoms with Gasteiger partial charge in [-0.1, -0.05) is 12.1 Å². The molecule has 32 heavy (non-hydrogen) atoms. The van der Waals surface area contributed by atoms with E-state index in [-0.39, 0.29) is 0 Å². The summed E-state index contributed by atoms with van der Waals surface area (Å²) in [5.74, 6) is 1.65. The first kappa shape index (κ1) is 22.2. The lowest BCUT2D eigenvalue weighted by Crippen LogP contribution is -2.45. The molecule has 1 aliphatic rings. The Morgan fingerprint density at radius 2 is 1.88 bits per heavy atom. The number of nitrogens with one attached hydrogen (secondary N) is 1. The van der Waals surface area contributed by atoms with Crippen LogP contribution >= 0.6 is 0 Å². The van der Waals surface area contributed by atoms with Gasteiger partial charge in [-0.15, -0.1) is 0 Å². The predicted molar refractivity (Wildman–Crippen MR) is 129 cm³/mol. The van der Waals surface area contributed by atoms with E-state index in [4.69, 9.17) is 0 Å². The van der Waals surface area contributed by atoms with Crippen LogP contribution in [-0.4, -0.2) is 74.8 Å². The van der Waals surface area contributed by atoms with Gasteiger partial charge in [0.15, 0.2) is 0 Å². The van der Waals surface area contributed by atoms with Crippen molar-refractivity contribution in [1.82, 2.24) is 19.9 Å². The van der Waals surface area contributed by atoms with Gasteiger partial charge in [0.25, 0.3) is 0 Å². The molecule has 3 heterocycles. The van der Waals surface area contributed by atoms with Gasteiger partial charge in [0, 0.05) is 50.9 Å². The van der Waals surface area contributed by atoms with Crippen molar-refractivity contribution < 1.29 is 8.42 Å². The quantitative estimate of drug-likeness (QED) is 0.604. The SMILES string of the molecule is Cc1nc(CN(C)c2c(NS(C)(=O)=O)ccc3cccnc23)cc(N2CCN(C)CC2)n1. The van der Waals surface area contributed by atoms with Gasteiger partial charge < -0.3 is 14.7 Å². The number of pyridine rings is 1. The van der Waals surface area contributed by atoms with Crippen molar-refractivity contribution in [3.05, 3.63) is 48.0 Å². The number of hydrogen-bond donors (Lipinski definition) is 1. The molecule has 1 saturated heterocycles. The lowest BCUT2D eigenvalue weighted by atomic mass is 10.1. The highest BCUT2D eigenvalue weighted by Crippen LogP contribution is 2.34. The number of piperazine rings is 1. The zero-order valence-corrected chi connectivity index (χ0v) is 19.7. The van der Waals surface area contributed by atoms with Crippen molar-refractivity contribution in [2.24, 2.45) is 0 Å². The fourth-order valence-electron chi connectivity index (χ4n) is 4.01. The van der Waals surface area contributed by atoms with Crippen molar-refractivity contribution in [1.29, 1.82) is 0 Å². The molecule has 0 aliphatic carbocycles. The zero-order chi connectivity index (χ0) is 22.9. The van der Waals surface area contributed by atoms with Crippen LogP contribution in [0.5, 0.6) is 0 Å². The third kappa shape index (κ3) is 5.08. The Balaban J connectivity index is 1.68. The smallest absolute Gasteiger partial charge is 0.229 e. The summed E-state index contributed by atoms with van der Waals surface area (Å²) in [6.45, 7) is 6.24. The molecule has 9 nitrogen and oxygen atoms in total. The maximum absolute atomic E-state index is 12.0. The second-order valence-corrected chi connectivity index (χ2v) is 10.1. The third-order valence-electron chi connectivity index (χ3n) is 5.53. The Morgan fingerprint density at radius 3 is 2.59 bits per heavy atom. The van der Waals surface area contributed by atoms with Gasteiger partial charge in [-0.2, -0.15) is 0 Å². The van der Waals surface area contributed by atoms with Crippen molar-refractivity contribution in [2.45, 2.75) is 13.5 Å². The highest BCUT2D eigenvalue weighted by atomic mass is 32.2. The second kappa shape index (κ2) is 8.87. The zero-order valence-electron chi connectivity index (χ0n) is 18.9. The summed E-state index contributed by atoms with van der Waals surface area (Å²) in [4.78, 5) is 20.4. The highest BCUT2D eigenvalue weighted by Gasteiger charge is 2.19. The number of benzene rings is 1. The molecular weight excluding hydrogens is 426 g/mol. The summed E-state index contributed by atoms with van der Waals surface area (Å²) < 4.78 is 26.6.